The average Bonchev–Trinajstić information content (AvgIpc) is 0.821. The molecule has 0 aliphatic carbocycles. The van der Waals surface area contributed by atoms with Crippen LogP contribution in [0.2, 0.25) is 0 Å². The molecule has 3 rings (SSSR count). The first-order chi connectivity index (χ1) is 54.5. The summed E-state index contributed by atoms with van der Waals surface area (Å²) in [5.74, 6) is -3.33. The minimum absolute atomic E-state index is 0.0283. The van der Waals surface area contributed by atoms with Crippen LogP contribution in [0.4, 0.5) is 0 Å². The first-order valence-corrected chi connectivity index (χ1v) is 39.2. The summed E-state index contributed by atoms with van der Waals surface area (Å²) >= 11 is 5.46. The van der Waals surface area contributed by atoms with Crippen molar-refractivity contribution >= 4 is 58.9 Å². The third-order valence-electron chi connectivity index (χ3n) is 17.6. The SMILES string of the molecule is CC(=O)N[C@@H]1[C@@H](O)[C@@H](O)[C@@H](CO)O[C@@H]1CCCOCCOCCNC(=O)CCOCC(COCCC(=O)NCCOCCOCCC[C@H]1O[C@H](CO)[C@H](O)[C@H](O)[C@H]1NC(C)=O)(COCCC(=O)NCCOCCOCCC[C@H]1O[C@H](CO)[C@H](O)[C@H](O)[C@H]1NC(C)=O)NC(=O)CCOCCOCCOCCOCCNC(=O)CCl. The Labute approximate surface area is 664 Å². The molecule has 3 heterocycles. The molecule has 0 bridgehead atoms. The minimum atomic E-state index is -1.47. The molecule has 113 heavy (non-hydrogen) atoms. The maximum atomic E-state index is 13.8. The fourth-order valence-corrected chi connectivity index (χ4v) is 12.0. The van der Waals surface area contributed by atoms with E-state index in [0.29, 0.717) is 64.9 Å². The van der Waals surface area contributed by atoms with Gasteiger partial charge in [0, 0.05) is 92.5 Å². The molecule has 0 unspecified atom stereocenters. The molecule has 658 valence electrons. The summed E-state index contributed by atoms with van der Waals surface area (Å²) in [4.78, 5) is 99.5. The summed E-state index contributed by atoms with van der Waals surface area (Å²) in [6, 6.07) is -2.65. The normalized spacial score (nSPS) is 23.8. The maximum absolute atomic E-state index is 13.8. The molecule has 41 nitrogen and oxygen atoms in total. The van der Waals surface area contributed by atoms with Gasteiger partial charge in [0.05, 0.1) is 208 Å². The van der Waals surface area contributed by atoms with Crippen molar-refractivity contribution in [3.63, 3.8) is 0 Å². The molecule has 3 fully saturated rings. The van der Waals surface area contributed by atoms with Gasteiger partial charge in [-0.1, -0.05) is 0 Å². The zero-order valence-electron chi connectivity index (χ0n) is 65.5. The van der Waals surface area contributed by atoms with Gasteiger partial charge in [0.1, 0.15) is 66.4 Å². The van der Waals surface area contributed by atoms with Crippen LogP contribution in [-0.2, 0) is 114 Å². The molecule has 3 saturated heterocycles. The second-order valence-electron chi connectivity index (χ2n) is 26.9. The lowest BCUT2D eigenvalue weighted by molar-refractivity contribution is -0.197. The molecule has 8 amide bonds. The van der Waals surface area contributed by atoms with Crippen LogP contribution >= 0.6 is 11.6 Å². The lowest BCUT2D eigenvalue weighted by Crippen LogP contribution is -2.63. The van der Waals surface area contributed by atoms with Crippen molar-refractivity contribution in [2.45, 2.75) is 182 Å². The average molecular weight is 1660 g/mol. The van der Waals surface area contributed by atoms with Crippen LogP contribution in [-0.4, -0.2) is 414 Å². The maximum Gasteiger partial charge on any atom is 0.235 e. The number of rotatable bonds is 68. The molecule has 0 radical (unpaired) electrons. The molecule has 0 saturated carbocycles. The number of carbonyl (C=O) groups is 8. The molecular weight excluding hydrogens is 1530 g/mol. The van der Waals surface area contributed by atoms with E-state index >= 15 is 0 Å². The number of hydrogen-bond acceptors (Lipinski definition) is 33. The highest BCUT2D eigenvalue weighted by atomic mass is 35.5. The Hall–Kier alpha value is -4.95. The van der Waals surface area contributed by atoms with E-state index in [1.54, 1.807) is 0 Å². The second kappa shape index (κ2) is 63.2. The zero-order valence-corrected chi connectivity index (χ0v) is 66.2. The largest absolute Gasteiger partial charge is 0.394 e. The molecule has 3 aliphatic rings. The van der Waals surface area contributed by atoms with Crippen LogP contribution in [0.1, 0.15) is 85.0 Å². The highest BCUT2D eigenvalue weighted by molar-refractivity contribution is 6.27. The van der Waals surface area contributed by atoms with Crippen molar-refractivity contribution in [1.82, 2.24) is 42.5 Å². The van der Waals surface area contributed by atoms with Gasteiger partial charge in [-0.3, -0.25) is 38.4 Å². The number of carbonyl (C=O) groups excluding carboxylic acids is 8. The molecule has 42 heteroatoms. The summed E-state index contributed by atoms with van der Waals surface area (Å²) in [6.45, 7) is 6.07. The fourth-order valence-electron chi connectivity index (χ4n) is 11.9. The van der Waals surface area contributed by atoms with Crippen molar-refractivity contribution in [1.29, 1.82) is 0 Å². The quantitative estimate of drug-likeness (QED) is 0.0199. The van der Waals surface area contributed by atoms with Crippen LogP contribution in [0.5, 0.6) is 0 Å². The van der Waals surface area contributed by atoms with Crippen molar-refractivity contribution in [3.8, 4) is 0 Å². The number of halogens is 1. The minimum Gasteiger partial charge on any atom is -0.394 e. The van der Waals surface area contributed by atoms with Crippen LogP contribution in [0.25, 0.3) is 0 Å². The molecule has 0 aromatic rings. The van der Waals surface area contributed by atoms with Gasteiger partial charge in [0.25, 0.3) is 0 Å². The van der Waals surface area contributed by atoms with E-state index in [0.717, 1.165) is 0 Å². The molecule has 0 spiro atoms. The van der Waals surface area contributed by atoms with Gasteiger partial charge in [-0.15, -0.1) is 11.6 Å². The summed E-state index contributed by atoms with van der Waals surface area (Å²) in [5, 5.41) is 113. The molecular formula is C71H129ClN8O33. The Morgan fingerprint density at radius 3 is 0.814 bits per heavy atom. The van der Waals surface area contributed by atoms with E-state index in [1.165, 1.54) is 20.8 Å². The summed E-state index contributed by atoms with van der Waals surface area (Å²) in [5.41, 5.74) is -1.47. The van der Waals surface area contributed by atoms with Crippen LogP contribution in [0.3, 0.4) is 0 Å². The van der Waals surface area contributed by atoms with E-state index in [9.17, 15) is 84.3 Å². The predicted molar refractivity (Wildman–Crippen MR) is 397 cm³/mol. The summed E-state index contributed by atoms with van der Waals surface area (Å²) < 4.78 is 91.5. The Kier molecular flexibility index (Phi) is 57.2. The number of hydrogen-bond donors (Lipinski definition) is 17. The molecule has 0 aromatic heterocycles. The fraction of sp³-hybridized carbons (Fsp3) is 0.887. The van der Waals surface area contributed by atoms with Crippen LogP contribution in [0.15, 0.2) is 0 Å². The standard InChI is InChI=1S/C71H129ClN8O33/c1-48(84)77-62-51(111-54(42-81)65(92)68(62)95)7-4-18-98-29-33-102-25-14-73-57(87)10-22-108-45-71(80-60(90)13-21-101-32-37-106-39-40-107-38-36-105-28-17-76-61(91)41-72,46-109-23-11-58(88)74-15-26-103-34-30-99-19-5-8-52-63(78-49(2)85)69(96)66(93)55(43-82)112-52)47-110-24-12-59(89)75-16-27-104-35-31-100-20-6-9-53-64(79-50(3)86)70(97)67(94)56(44-83)113-53/h51-56,62-70,81-83,92-97H,4-47H2,1-3H3,(H,73,87)(H,74,88)(H,75,89)(H,76,91)(H,77,84)(H,78,85)(H,79,86)(H,80,90)/t51-,52-,53-,54-,55-,56-,62+,63+,64+,65+,66+,67+,68-,69-,70-/m1/s1. The van der Waals surface area contributed by atoms with Gasteiger partial charge in [-0.05, 0) is 38.5 Å². The molecule has 0 aromatic carbocycles. The first-order valence-electron chi connectivity index (χ1n) is 38.6. The van der Waals surface area contributed by atoms with Crippen LogP contribution in [0, 0.1) is 0 Å². The lowest BCUT2D eigenvalue weighted by atomic mass is 9.90. The number of aliphatic hydroxyl groups is 9. The number of nitrogens with one attached hydrogen (secondary N) is 8. The van der Waals surface area contributed by atoms with Crippen molar-refractivity contribution in [2.24, 2.45) is 0 Å². The van der Waals surface area contributed by atoms with Gasteiger partial charge in [-0.2, -0.15) is 0 Å². The highest BCUT2D eigenvalue weighted by Crippen LogP contribution is 2.27. The number of alkyl halides is 1. The zero-order chi connectivity index (χ0) is 82.9. The third-order valence-corrected chi connectivity index (χ3v) is 17.8. The van der Waals surface area contributed by atoms with Crippen molar-refractivity contribution in [3.05, 3.63) is 0 Å². The lowest BCUT2D eigenvalue weighted by Gasteiger charge is -2.42. The topological polar surface area (TPSA) is 563 Å². The predicted octanol–water partition coefficient (Wildman–Crippen LogP) is -7.38. The molecule has 15 atom stereocenters. The number of aliphatic hydroxyl groups excluding tert-OH is 9. The van der Waals surface area contributed by atoms with Gasteiger partial charge < -0.3 is 164 Å². The Morgan fingerprint density at radius 1 is 0.310 bits per heavy atom. The highest BCUT2D eigenvalue weighted by Gasteiger charge is 2.47. The number of amides is 8. The summed E-state index contributed by atoms with van der Waals surface area (Å²) in [6.07, 6.45) is -11.3. The first kappa shape index (κ1) is 102. The Bertz CT molecular complexity index is 2360. The molecule has 3 aliphatic heterocycles. The van der Waals surface area contributed by atoms with Gasteiger partial charge in [0.15, 0.2) is 0 Å². The van der Waals surface area contributed by atoms with E-state index in [1.807, 2.05) is 0 Å². The second-order valence-corrected chi connectivity index (χ2v) is 27.1. The van der Waals surface area contributed by atoms with E-state index in [4.69, 9.17) is 87.4 Å². The van der Waals surface area contributed by atoms with Gasteiger partial charge >= 0.3 is 0 Å². The van der Waals surface area contributed by atoms with Crippen LogP contribution < -0.4 is 42.5 Å². The summed E-state index contributed by atoms with van der Waals surface area (Å²) in [7, 11) is 0. The smallest absolute Gasteiger partial charge is 0.235 e. The van der Waals surface area contributed by atoms with E-state index in [-0.39, 0.29) is 227 Å². The van der Waals surface area contributed by atoms with Gasteiger partial charge in [0.2, 0.25) is 47.3 Å². The monoisotopic (exact) mass is 1660 g/mol. The third kappa shape index (κ3) is 45.5. The van der Waals surface area contributed by atoms with Crippen molar-refractivity contribution in [2.75, 3.05) is 224 Å². The van der Waals surface area contributed by atoms with E-state index < -0.39 is 140 Å². The molecule has 17 N–H and O–H groups in total. The van der Waals surface area contributed by atoms with E-state index in [2.05, 4.69) is 42.5 Å². The number of ether oxygens (including phenoxy) is 16. The Morgan fingerprint density at radius 2 is 0.549 bits per heavy atom. The van der Waals surface area contributed by atoms with Crippen molar-refractivity contribution < 1.29 is 160 Å². The Balaban J connectivity index is 1.55. The van der Waals surface area contributed by atoms with Gasteiger partial charge in [-0.25, -0.2) is 0 Å².